The number of halogens is 1. The molecule has 0 bridgehead atoms. The molecule has 1 aliphatic carbocycles. The average Bonchev–Trinajstić information content (AvgIpc) is 2.49. The van der Waals surface area contributed by atoms with Crippen LogP contribution in [0.4, 0.5) is 4.39 Å². The Hall–Kier alpha value is -0.480. The van der Waals surface area contributed by atoms with Crippen molar-refractivity contribution in [2.24, 2.45) is 5.73 Å². The molecule has 84 valence electrons. The highest BCUT2D eigenvalue weighted by Gasteiger charge is 2.36. The Morgan fingerprint density at radius 3 is 3.13 bits per heavy atom. The van der Waals surface area contributed by atoms with Crippen LogP contribution in [0.3, 0.4) is 0 Å². The minimum atomic E-state index is -1.11. The minimum Gasteiger partial charge on any atom is -0.328 e. The van der Waals surface area contributed by atoms with E-state index in [1.165, 1.54) is 0 Å². The molecule has 1 heterocycles. The highest BCUT2D eigenvalue weighted by Crippen LogP contribution is 2.34. The van der Waals surface area contributed by atoms with E-state index >= 15 is 0 Å². The molecule has 2 nitrogen and oxygen atoms in total. The fraction of sp³-hybridized carbons (Fsp3) is 0.727. The minimum absolute atomic E-state index is 0.0322. The normalized spacial score (nSPS) is 31.8. The van der Waals surface area contributed by atoms with Crippen LogP contribution in [0, 0.1) is 6.92 Å². The molecule has 1 aromatic rings. The first-order valence-corrected chi connectivity index (χ1v) is 6.31. The molecule has 2 atom stereocenters. The molecule has 1 saturated carbocycles. The Kier molecular flexibility index (Phi) is 3.07. The lowest BCUT2D eigenvalue weighted by Crippen LogP contribution is -2.39. The van der Waals surface area contributed by atoms with Gasteiger partial charge in [0.05, 0.1) is 5.01 Å². The first kappa shape index (κ1) is 11.0. The van der Waals surface area contributed by atoms with Crippen LogP contribution in [0.2, 0.25) is 0 Å². The molecule has 15 heavy (non-hydrogen) atoms. The predicted octanol–water partition coefficient (Wildman–Crippen LogP) is 2.60. The van der Waals surface area contributed by atoms with Gasteiger partial charge >= 0.3 is 0 Å². The summed E-state index contributed by atoms with van der Waals surface area (Å²) in [4.78, 5) is 4.31. The molecule has 0 aromatic carbocycles. The third-order valence-electron chi connectivity index (χ3n) is 2.96. The molecule has 0 amide bonds. The Bertz CT molecular complexity index is 339. The van der Waals surface area contributed by atoms with E-state index in [1.807, 2.05) is 12.3 Å². The van der Waals surface area contributed by atoms with Gasteiger partial charge in [0, 0.05) is 23.5 Å². The fourth-order valence-electron chi connectivity index (χ4n) is 2.27. The second-order valence-electron chi connectivity index (χ2n) is 4.57. The lowest BCUT2D eigenvalue weighted by atomic mass is 9.81. The lowest BCUT2D eigenvalue weighted by molar-refractivity contribution is 0.0964. The fourth-order valence-corrected chi connectivity index (χ4v) is 3.17. The Morgan fingerprint density at radius 2 is 2.53 bits per heavy atom. The zero-order valence-corrected chi connectivity index (χ0v) is 9.82. The molecule has 2 rings (SSSR count). The number of nitrogens with two attached hydrogens (primary N) is 1. The van der Waals surface area contributed by atoms with Gasteiger partial charge in [0.25, 0.3) is 0 Å². The second-order valence-corrected chi connectivity index (χ2v) is 5.51. The van der Waals surface area contributed by atoms with Crippen LogP contribution in [0.1, 0.15) is 36.4 Å². The van der Waals surface area contributed by atoms with Gasteiger partial charge in [-0.2, -0.15) is 0 Å². The largest absolute Gasteiger partial charge is 0.328 e. The van der Waals surface area contributed by atoms with E-state index in [-0.39, 0.29) is 6.04 Å². The Morgan fingerprint density at radius 1 is 1.73 bits per heavy atom. The van der Waals surface area contributed by atoms with Crippen LogP contribution in [0.5, 0.6) is 0 Å². The molecule has 0 aliphatic heterocycles. The second kappa shape index (κ2) is 4.18. The van der Waals surface area contributed by atoms with Crippen LogP contribution in [0.25, 0.3) is 0 Å². The van der Waals surface area contributed by atoms with Gasteiger partial charge in [-0.05, 0) is 32.6 Å². The van der Waals surface area contributed by atoms with Crippen molar-refractivity contribution in [1.82, 2.24) is 4.98 Å². The number of rotatable bonds is 2. The van der Waals surface area contributed by atoms with Crippen LogP contribution >= 0.6 is 11.3 Å². The maximum Gasteiger partial charge on any atom is 0.118 e. The number of hydrogen-bond acceptors (Lipinski definition) is 3. The van der Waals surface area contributed by atoms with E-state index in [4.69, 9.17) is 5.73 Å². The van der Waals surface area contributed by atoms with Crippen LogP contribution in [0.15, 0.2) is 5.38 Å². The summed E-state index contributed by atoms with van der Waals surface area (Å²) in [5.41, 5.74) is 5.69. The Balaban J connectivity index is 2.03. The van der Waals surface area contributed by atoms with Crippen molar-refractivity contribution in [1.29, 1.82) is 0 Å². The monoisotopic (exact) mass is 228 g/mol. The molecule has 2 N–H and O–H groups in total. The van der Waals surface area contributed by atoms with Gasteiger partial charge in [-0.15, -0.1) is 11.3 Å². The van der Waals surface area contributed by atoms with Crippen molar-refractivity contribution in [2.75, 3.05) is 0 Å². The number of aromatic nitrogens is 1. The maximum absolute atomic E-state index is 14.4. The molecular weight excluding hydrogens is 211 g/mol. The summed E-state index contributed by atoms with van der Waals surface area (Å²) in [5.74, 6) is 0. The van der Waals surface area contributed by atoms with Gasteiger partial charge in [0.1, 0.15) is 5.67 Å². The van der Waals surface area contributed by atoms with Crippen molar-refractivity contribution in [3.05, 3.63) is 16.1 Å². The summed E-state index contributed by atoms with van der Waals surface area (Å²) < 4.78 is 14.4. The van der Waals surface area contributed by atoms with Crippen molar-refractivity contribution < 1.29 is 4.39 Å². The standard InChI is InChI=1S/C11H17FN2S/c1-8-7-15-10(14-8)6-11(12)4-2-3-9(13)5-11/h7,9H,2-6,13H2,1H3. The maximum atomic E-state index is 14.4. The molecule has 2 unspecified atom stereocenters. The number of alkyl halides is 1. The number of aryl methyl sites for hydroxylation is 1. The zero-order chi connectivity index (χ0) is 10.9. The van der Waals surface area contributed by atoms with Crippen molar-refractivity contribution in [2.45, 2.75) is 50.7 Å². The summed E-state index contributed by atoms with van der Waals surface area (Å²) in [7, 11) is 0. The molecule has 0 saturated heterocycles. The summed E-state index contributed by atoms with van der Waals surface area (Å²) in [5, 5.41) is 2.88. The van der Waals surface area contributed by atoms with E-state index in [1.54, 1.807) is 11.3 Å². The summed E-state index contributed by atoms with van der Waals surface area (Å²) in [6.45, 7) is 1.94. The highest BCUT2D eigenvalue weighted by atomic mass is 32.1. The van der Waals surface area contributed by atoms with Gasteiger partial charge < -0.3 is 5.73 Å². The van der Waals surface area contributed by atoms with E-state index in [9.17, 15) is 4.39 Å². The van der Waals surface area contributed by atoms with Crippen LogP contribution in [-0.2, 0) is 6.42 Å². The SMILES string of the molecule is Cc1csc(CC2(F)CCCC(N)C2)n1. The third kappa shape index (κ3) is 2.75. The van der Waals surface area contributed by atoms with Gasteiger partial charge in [0.2, 0.25) is 0 Å². The summed E-state index contributed by atoms with van der Waals surface area (Å²) in [6, 6.07) is 0.0322. The molecule has 1 fully saturated rings. The van der Waals surface area contributed by atoms with Gasteiger partial charge in [0.15, 0.2) is 0 Å². The van der Waals surface area contributed by atoms with Crippen LogP contribution in [-0.4, -0.2) is 16.7 Å². The van der Waals surface area contributed by atoms with Crippen LogP contribution < -0.4 is 5.73 Å². The first-order valence-electron chi connectivity index (χ1n) is 5.43. The quantitative estimate of drug-likeness (QED) is 0.845. The van der Waals surface area contributed by atoms with Gasteiger partial charge in [-0.25, -0.2) is 9.37 Å². The molecule has 1 aliphatic rings. The van der Waals surface area contributed by atoms with E-state index in [0.717, 1.165) is 23.5 Å². The first-order chi connectivity index (χ1) is 7.07. The topological polar surface area (TPSA) is 38.9 Å². The third-order valence-corrected chi connectivity index (χ3v) is 3.93. The van der Waals surface area contributed by atoms with Crippen molar-refractivity contribution >= 4 is 11.3 Å². The van der Waals surface area contributed by atoms with E-state index in [0.29, 0.717) is 19.3 Å². The van der Waals surface area contributed by atoms with Crippen molar-refractivity contribution in [3.63, 3.8) is 0 Å². The number of nitrogens with zero attached hydrogens (tertiary/aromatic N) is 1. The molecule has 1 aromatic heterocycles. The zero-order valence-electron chi connectivity index (χ0n) is 9.00. The molecular formula is C11H17FN2S. The summed E-state index contributed by atoms with van der Waals surface area (Å²) in [6.07, 6.45) is 3.44. The van der Waals surface area contributed by atoms with E-state index < -0.39 is 5.67 Å². The lowest BCUT2D eigenvalue weighted by Gasteiger charge is -2.32. The molecule has 0 spiro atoms. The Labute approximate surface area is 93.7 Å². The highest BCUT2D eigenvalue weighted by molar-refractivity contribution is 7.09. The van der Waals surface area contributed by atoms with Gasteiger partial charge in [-0.3, -0.25) is 0 Å². The average molecular weight is 228 g/mol. The van der Waals surface area contributed by atoms with Gasteiger partial charge in [-0.1, -0.05) is 0 Å². The molecule has 4 heteroatoms. The molecule has 0 radical (unpaired) electrons. The van der Waals surface area contributed by atoms with Crippen molar-refractivity contribution in [3.8, 4) is 0 Å². The smallest absolute Gasteiger partial charge is 0.118 e. The van der Waals surface area contributed by atoms with E-state index in [2.05, 4.69) is 4.98 Å². The predicted molar refractivity (Wildman–Crippen MR) is 60.8 cm³/mol. The number of thiazole rings is 1. The summed E-state index contributed by atoms with van der Waals surface area (Å²) >= 11 is 1.55. The number of hydrogen-bond donors (Lipinski definition) is 1.